The molecule has 2 aliphatic rings. The second kappa shape index (κ2) is 10.1. The molecule has 0 aliphatic heterocycles. The molecule has 6 nitrogen and oxygen atoms in total. The molecular weight excluding hydrogens is 427 g/mol. The quantitative estimate of drug-likeness (QED) is 0.410. The fourth-order valence-corrected chi connectivity index (χ4v) is 6.18. The van der Waals surface area contributed by atoms with E-state index in [1.165, 1.54) is 43.5 Å². The SMILES string of the molecule is C=CCNC(=O)C(C)Sc1nnc(COc2ccccc2F)n1C(C)C1CC2CCC1C2. The van der Waals surface area contributed by atoms with E-state index < -0.39 is 5.82 Å². The third-order valence-electron chi connectivity index (χ3n) is 6.82. The number of nitrogens with zero attached hydrogens (tertiary/aromatic N) is 3. The lowest BCUT2D eigenvalue weighted by Crippen LogP contribution is -2.31. The monoisotopic (exact) mass is 458 g/mol. The minimum Gasteiger partial charge on any atom is -0.483 e. The van der Waals surface area contributed by atoms with Crippen LogP contribution in [0.3, 0.4) is 0 Å². The van der Waals surface area contributed by atoms with Crippen molar-refractivity contribution in [1.82, 2.24) is 20.1 Å². The van der Waals surface area contributed by atoms with Crippen molar-refractivity contribution in [1.29, 1.82) is 0 Å². The van der Waals surface area contributed by atoms with Gasteiger partial charge in [-0.1, -0.05) is 36.4 Å². The molecule has 2 aliphatic carbocycles. The zero-order valence-corrected chi connectivity index (χ0v) is 19.5. The minimum atomic E-state index is -0.401. The summed E-state index contributed by atoms with van der Waals surface area (Å²) < 4.78 is 21.9. The topological polar surface area (TPSA) is 69.0 Å². The zero-order chi connectivity index (χ0) is 22.7. The van der Waals surface area contributed by atoms with Crippen LogP contribution in [0.1, 0.15) is 51.4 Å². The van der Waals surface area contributed by atoms with Gasteiger partial charge in [-0.2, -0.15) is 0 Å². The van der Waals surface area contributed by atoms with E-state index in [9.17, 15) is 9.18 Å². The van der Waals surface area contributed by atoms with Gasteiger partial charge in [0, 0.05) is 12.6 Å². The lowest BCUT2D eigenvalue weighted by atomic mass is 9.84. The Kier molecular flexibility index (Phi) is 7.18. The minimum absolute atomic E-state index is 0.0683. The maximum atomic E-state index is 14.0. The first kappa shape index (κ1) is 22.8. The molecule has 1 N–H and O–H groups in total. The van der Waals surface area contributed by atoms with E-state index in [-0.39, 0.29) is 29.6 Å². The van der Waals surface area contributed by atoms with Crippen LogP contribution in [0.15, 0.2) is 42.1 Å². The van der Waals surface area contributed by atoms with E-state index in [2.05, 4.69) is 33.6 Å². The predicted molar refractivity (Wildman–Crippen MR) is 123 cm³/mol. The molecule has 2 bridgehead atoms. The first-order chi connectivity index (χ1) is 15.5. The summed E-state index contributed by atoms with van der Waals surface area (Å²) in [5.74, 6) is 2.49. The lowest BCUT2D eigenvalue weighted by molar-refractivity contribution is -0.120. The third kappa shape index (κ3) is 4.85. The van der Waals surface area contributed by atoms with Gasteiger partial charge in [0.2, 0.25) is 5.91 Å². The summed E-state index contributed by atoms with van der Waals surface area (Å²) in [4.78, 5) is 12.4. The Morgan fingerprint density at radius 3 is 2.84 bits per heavy atom. The molecule has 1 amide bonds. The number of thioether (sulfide) groups is 1. The van der Waals surface area contributed by atoms with Crippen molar-refractivity contribution in [3.05, 3.63) is 48.6 Å². The van der Waals surface area contributed by atoms with Crippen molar-refractivity contribution < 1.29 is 13.9 Å². The van der Waals surface area contributed by atoms with Gasteiger partial charge in [-0.15, -0.1) is 16.8 Å². The number of rotatable bonds is 10. The van der Waals surface area contributed by atoms with Crippen LogP contribution < -0.4 is 10.1 Å². The molecule has 2 fully saturated rings. The number of aromatic nitrogens is 3. The van der Waals surface area contributed by atoms with Gasteiger partial charge >= 0.3 is 0 Å². The molecule has 0 spiro atoms. The number of halogens is 1. The van der Waals surface area contributed by atoms with Gasteiger partial charge < -0.3 is 10.1 Å². The van der Waals surface area contributed by atoms with Gasteiger partial charge in [0.05, 0.1) is 5.25 Å². The molecular formula is C24H31FN4O2S. The highest BCUT2D eigenvalue weighted by atomic mass is 32.2. The molecule has 5 atom stereocenters. The summed E-state index contributed by atoms with van der Waals surface area (Å²) in [6.07, 6.45) is 6.80. The van der Waals surface area contributed by atoms with E-state index in [1.807, 2.05) is 6.92 Å². The highest BCUT2D eigenvalue weighted by molar-refractivity contribution is 8.00. The first-order valence-corrected chi connectivity index (χ1v) is 12.2. The van der Waals surface area contributed by atoms with E-state index in [4.69, 9.17) is 4.74 Å². The molecule has 1 heterocycles. The average Bonchev–Trinajstić information content (AvgIpc) is 3.52. The third-order valence-corrected chi connectivity index (χ3v) is 7.88. The number of fused-ring (bicyclic) bond motifs is 2. The molecule has 172 valence electrons. The number of ether oxygens (including phenoxy) is 1. The Balaban J connectivity index is 1.56. The van der Waals surface area contributed by atoms with Gasteiger partial charge in [-0.25, -0.2) is 4.39 Å². The van der Waals surface area contributed by atoms with Gasteiger partial charge in [0.25, 0.3) is 0 Å². The smallest absolute Gasteiger partial charge is 0.233 e. The molecule has 2 aromatic rings. The Morgan fingerprint density at radius 1 is 1.34 bits per heavy atom. The fraction of sp³-hybridized carbons (Fsp3) is 0.542. The summed E-state index contributed by atoms with van der Waals surface area (Å²) in [6, 6.07) is 6.55. The second-order valence-electron chi connectivity index (χ2n) is 8.86. The molecule has 5 unspecified atom stereocenters. The zero-order valence-electron chi connectivity index (χ0n) is 18.7. The average molecular weight is 459 g/mol. The number of nitrogens with one attached hydrogen (secondary N) is 1. The second-order valence-corrected chi connectivity index (χ2v) is 10.2. The van der Waals surface area contributed by atoms with Crippen molar-refractivity contribution in [2.45, 2.75) is 62.6 Å². The lowest BCUT2D eigenvalue weighted by Gasteiger charge is -2.30. The molecule has 0 saturated heterocycles. The summed E-state index contributed by atoms with van der Waals surface area (Å²) in [7, 11) is 0. The standard InChI is InChI=1S/C24H31FN4O2S/c1-4-11-26-23(30)16(3)32-24-28-27-22(14-31-21-8-6-5-7-20(21)25)29(24)15(2)19-13-17-9-10-18(19)12-17/h4-8,15-19H,1,9-14H2,2-3H3,(H,26,30). The van der Waals surface area contributed by atoms with Gasteiger partial charge in [-0.3, -0.25) is 9.36 Å². The van der Waals surface area contributed by atoms with Crippen LogP contribution in [0.2, 0.25) is 0 Å². The number of carbonyl (C=O) groups is 1. The van der Waals surface area contributed by atoms with E-state index in [0.717, 1.165) is 11.8 Å². The van der Waals surface area contributed by atoms with Crippen LogP contribution in [-0.2, 0) is 11.4 Å². The Morgan fingerprint density at radius 2 is 2.16 bits per heavy atom. The molecule has 1 aromatic carbocycles. The molecule has 1 aromatic heterocycles. The summed E-state index contributed by atoms with van der Waals surface area (Å²) >= 11 is 1.39. The Hall–Kier alpha value is -2.35. The van der Waals surface area contributed by atoms with Gasteiger partial charge in [-0.05, 0) is 63.0 Å². The van der Waals surface area contributed by atoms with Crippen molar-refractivity contribution >= 4 is 17.7 Å². The maximum Gasteiger partial charge on any atom is 0.233 e. The van der Waals surface area contributed by atoms with Crippen LogP contribution in [0.4, 0.5) is 4.39 Å². The van der Waals surface area contributed by atoms with E-state index >= 15 is 0 Å². The van der Waals surface area contributed by atoms with Gasteiger partial charge in [0.1, 0.15) is 6.61 Å². The van der Waals surface area contributed by atoms with Crippen molar-refractivity contribution in [2.24, 2.45) is 17.8 Å². The highest BCUT2D eigenvalue weighted by Gasteiger charge is 2.43. The number of para-hydroxylation sites is 1. The molecule has 2 saturated carbocycles. The van der Waals surface area contributed by atoms with Crippen molar-refractivity contribution in [2.75, 3.05) is 6.54 Å². The maximum absolute atomic E-state index is 14.0. The number of amides is 1. The van der Waals surface area contributed by atoms with Gasteiger partial charge in [0.15, 0.2) is 22.5 Å². The Labute approximate surface area is 193 Å². The van der Waals surface area contributed by atoms with Crippen molar-refractivity contribution in [3.8, 4) is 5.75 Å². The number of carbonyl (C=O) groups excluding carboxylic acids is 1. The van der Waals surface area contributed by atoms with Crippen LogP contribution in [-0.4, -0.2) is 32.5 Å². The molecule has 4 rings (SSSR count). The van der Waals surface area contributed by atoms with E-state index in [0.29, 0.717) is 23.4 Å². The molecule has 0 radical (unpaired) electrons. The predicted octanol–water partition coefficient (Wildman–Crippen LogP) is 4.78. The van der Waals surface area contributed by atoms with Crippen LogP contribution in [0.5, 0.6) is 5.75 Å². The molecule has 32 heavy (non-hydrogen) atoms. The number of hydrogen-bond acceptors (Lipinski definition) is 5. The van der Waals surface area contributed by atoms with Crippen LogP contribution in [0, 0.1) is 23.6 Å². The largest absolute Gasteiger partial charge is 0.483 e. The summed E-state index contributed by atoms with van der Waals surface area (Å²) in [6.45, 7) is 8.27. The van der Waals surface area contributed by atoms with E-state index in [1.54, 1.807) is 24.3 Å². The normalized spacial score (nSPS) is 23.7. The number of hydrogen-bond donors (Lipinski definition) is 1. The van der Waals surface area contributed by atoms with Crippen molar-refractivity contribution in [3.63, 3.8) is 0 Å². The van der Waals surface area contributed by atoms with Crippen LogP contribution >= 0.6 is 11.8 Å². The first-order valence-electron chi connectivity index (χ1n) is 11.3. The van der Waals surface area contributed by atoms with Crippen LogP contribution in [0.25, 0.3) is 0 Å². The fourth-order valence-electron chi connectivity index (χ4n) is 5.20. The highest BCUT2D eigenvalue weighted by Crippen LogP contribution is 2.52. The summed E-state index contributed by atoms with van der Waals surface area (Å²) in [5.41, 5.74) is 0. The summed E-state index contributed by atoms with van der Waals surface area (Å²) in [5, 5.41) is 12.0. The molecule has 8 heteroatoms. The number of benzene rings is 1. The Bertz CT molecular complexity index is 965.